The SMILES string of the molecule is O=C(O)C[C@H](c1cncc(F)c1)c1ccc(Cl)c(F)c1. The standard InChI is InChI=1S/C14H10ClF2NO2/c15-12-2-1-8(4-13(12)17)11(5-14(19)20)9-3-10(16)7-18-6-9/h1-4,6-7,11H,5H2,(H,19,20)/t11-/m0/s1. The summed E-state index contributed by atoms with van der Waals surface area (Å²) in [5.74, 6) is -2.99. The maximum absolute atomic E-state index is 13.5. The molecular formula is C14H10ClF2NO2. The third kappa shape index (κ3) is 3.30. The van der Waals surface area contributed by atoms with Gasteiger partial charge in [-0.2, -0.15) is 0 Å². The molecule has 1 heterocycles. The number of pyridine rings is 1. The summed E-state index contributed by atoms with van der Waals surface area (Å²) in [6.45, 7) is 0. The molecule has 0 unspecified atom stereocenters. The molecule has 0 bridgehead atoms. The van der Waals surface area contributed by atoms with Crippen molar-refractivity contribution in [3.05, 3.63) is 64.4 Å². The highest BCUT2D eigenvalue weighted by Gasteiger charge is 2.20. The average Bonchev–Trinajstić information content (AvgIpc) is 2.39. The van der Waals surface area contributed by atoms with Crippen LogP contribution in [0.1, 0.15) is 23.5 Å². The van der Waals surface area contributed by atoms with Crippen LogP contribution in [-0.4, -0.2) is 16.1 Å². The quantitative estimate of drug-likeness (QED) is 0.937. The lowest BCUT2D eigenvalue weighted by Crippen LogP contribution is -2.09. The zero-order chi connectivity index (χ0) is 14.7. The summed E-state index contributed by atoms with van der Waals surface area (Å²) in [5.41, 5.74) is 0.774. The van der Waals surface area contributed by atoms with E-state index < -0.39 is 23.5 Å². The molecule has 0 saturated carbocycles. The Hall–Kier alpha value is -2.01. The molecule has 6 heteroatoms. The molecule has 0 aliphatic rings. The molecule has 0 aliphatic carbocycles. The number of halogens is 3. The molecule has 0 saturated heterocycles. The average molecular weight is 298 g/mol. The van der Waals surface area contributed by atoms with Crippen LogP contribution in [-0.2, 0) is 4.79 Å². The second-order valence-corrected chi connectivity index (χ2v) is 4.67. The third-order valence-electron chi connectivity index (χ3n) is 2.85. The molecular weight excluding hydrogens is 288 g/mol. The predicted octanol–water partition coefficient (Wildman–Crippen LogP) is 3.62. The van der Waals surface area contributed by atoms with Gasteiger partial charge in [0, 0.05) is 12.1 Å². The first-order valence-electron chi connectivity index (χ1n) is 5.74. The van der Waals surface area contributed by atoms with Gasteiger partial charge in [0.2, 0.25) is 0 Å². The molecule has 1 atom stereocenters. The molecule has 1 N–H and O–H groups in total. The van der Waals surface area contributed by atoms with E-state index in [1.54, 1.807) is 0 Å². The van der Waals surface area contributed by atoms with E-state index in [9.17, 15) is 13.6 Å². The molecule has 0 aliphatic heterocycles. The van der Waals surface area contributed by atoms with E-state index in [0.29, 0.717) is 11.1 Å². The smallest absolute Gasteiger partial charge is 0.304 e. The molecule has 104 valence electrons. The van der Waals surface area contributed by atoms with Crippen LogP contribution in [0, 0.1) is 11.6 Å². The summed E-state index contributed by atoms with van der Waals surface area (Å²) in [6.07, 6.45) is 2.08. The Morgan fingerprint density at radius 2 is 2.00 bits per heavy atom. The minimum Gasteiger partial charge on any atom is -0.481 e. The van der Waals surface area contributed by atoms with E-state index in [0.717, 1.165) is 12.3 Å². The zero-order valence-corrected chi connectivity index (χ0v) is 10.9. The molecule has 0 radical (unpaired) electrons. The van der Waals surface area contributed by atoms with Crippen LogP contribution in [0.25, 0.3) is 0 Å². The van der Waals surface area contributed by atoms with Gasteiger partial charge in [-0.25, -0.2) is 8.78 Å². The second kappa shape index (κ2) is 5.96. The van der Waals surface area contributed by atoms with Crippen molar-refractivity contribution in [2.75, 3.05) is 0 Å². The van der Waals surface area contributed by atoms with Crippen LogP contribution in [0.4, 0.5) is 8.78 Å². The fourth-order valence-corrected chi connectivity index (χ4v) is 2.07. The topological polar surface area (TPSA) is 50.2 Å². The van der Waals surface area contributed by atoms with Gasteiger partial charge in [0.05, 0.1) is 17.6 Å². The molecule has 1 aromatic carbocycles. The largest absolute Gasteiger partial charge is 0.481 e. The number of aliphatic carboxylic acids is 1. The van der Waals surface area contributed by atoms with Crippen LogP contribution < -0.4 is 0 Å². The van der Waals surface area contributed by atoms with Crippen LogP contribution in [0.5, 0.6) is 0 Å². The Balaban J connectivity index is 2.46. The first-order valence-corrected chi connectivity index (χ1v) is 6.12. The second-order valence-electron chi connectivity index (χ2n) is 4.26. The van der Waals surface area contributed by atoms with Gasteiger partial charge >= 0.3 is 5.97 Å². The molecule has 0 amide bonds. The molecule has 20 heavy (non-hydrogen) atoms. The maximum atomic E-state index is 13.5. The predicted molar refractivity (Wildman–Crippen MR) is 69.7 cm³/mol. The van der Waals surface area contributed by atoms with Crippen molar-refractivity contribution in [2.24, 2.45) is 0 Å². The van der Waals surface area contributed by atoms with Gasteiger partial charge in [-0.1, -0.05) is 17.7 Å². The van der Waals surface area contributed by atoms with Crippen molar-refractivity contribution < 1.29 is 18.7 Å². The highest BCUT2D eigenvalue weighted by molar-refractivity contribution is 6.30. The van der Waals surface area contributed by atoms with Crippen LogP contribution in [0.2, 0.25) is 5.02 Å². The van der Waals surface area contributed by atoms with Crippen LogP contribution >= 0.6 is 11.6 Å². The molecule has 1 aromatic heterocycles. The lowest BCUT2D eigenvalue weighted by atomic mass is 9.89. The lowest BCUT2D eigenvalue weighted by molar-refractivity contribution is -0.137. The monoisotopic (exact) mass is 297 g/mol. The highest BCUT2D eigenvalue weighted by atomic mass is 35.5. The molecule has 3 nitrogen and oxygen atoms in total. The first-order chi connectivity index (χ1) is 9.47. The van der Waals surface area contributed by atoms with Gasteiger partial charge in [-0.3, -0.25) is 9.78 Å². The number of carboxylic acid groups (broad SMARTS) is 1. The third-order valence-corrected chi connectivity index (χ3v) is 3.16. The van der Waals surface area contributed by atoms with E-state index in [-0.39, 0.29) is 11.4 Å². The van der Waals surface area contributed by atoms with Gasteiger partial charge in [0.1, 0.15) is 11.6 Å². The Kier molecular flexibility index (Phi) is 4.29. The van der Waals surface area contributed by atoms with E-state index in [2.05, 4.69) is 4.98 Å². The van der Waals surface area contributed by atoms with E-state index >= 15 is 0 Å². The number of hydrogen-bond acceptors (Lipinski definition) is 2. The lowest BCUT2D eigenvalue weighted by Gasteiger charge is -2.16. The Morgan fingerprint density at radius 3 is 2.60 bits per heavy atom. The molecule has 0 fully saturated rings. The molecule has 0 spiro atoms. The highest BCUT2D eigenvalue weighted by Crippen LogP contribution is 2.30. The fraction of sp³-hybridized carbons (Fsp3) is 0.143. The van der Waals surface area contributed by atoms with Crippen molar-refractivity contribution in [2.45, 2.75) is 12.3 Å². The summed E-state index contributed by atoms with van der Waals surface area (Å²) in [6, 6.07) is 5.20. The van der Waals surface area contributed by atoms with Gasteiger partial charge < -0.3 is 5.11 Å². The summed E-state index contributed by atoms with van der Waals surface area (Å²) >= 11 is 5.60. The van der Waals surface area contributed by atoms with E-state index in [1.807, 2.05) is 0 Å². The number of hydrogen-bond donors (Lipinski definition) is 1. The van der Waals surface area contributed by atoms with Crippen molar-refractivity contribution in [1.82, 2.24) is 4.98 Å². The van der Waals surface area contributed by atoms with Crippen molar-refractivity contribution >= 4 is 17.6 Å². The zero-order valence-electron chi connectivity index (χ0n) is 10.2. The Bertz CT molecular complexity index is 649. The minimum atomic E-state index is -1.07. The van der Waals surface area contributed by atoms with Gasteiger partial charge in [-0.15, -0.1) is 0 Å². The Labute approximate surface area is 118 Å². The summed E-state index contributed by atoms with van der Waals surface area (Å²) in [5, 5.41) is 8.91. The van der Waals surface area contributed by atoms with Crippen molar-refractivity contribution in [1.29, 1.82) is 0 Å². The first kappa shape index (κ1) is 14.4. The Morgan fingerprint density at radius 1 is 1.25 bits per heavy atom. The van der Waals surface area contributed by atoms with E-state index in [4.69, 9.17) is 16.7 Å². The number of aromatic nitrogens is 1. The van der Waals surface area contributed by atoms with Crippen molar-refractivity contribution in [3.63, 3.8) is 0 Å². The number of carboxylic acids is 1. The summed E-state index contributed by atoms with van der Waals surface area (Å²) < 4.78 is 26.7. The van der Waals surface area contributed by atoms with Crippen LogP contribution in [0.15, 0.2) is 36.7 Å². The number of carbonyl (C=O) groups is 1. The van der Waals surface area contributed by atoms with Gasteiger partial charge in [0.15, 0.2) is 0 Å². The number of rotatable bonds is 4. The number of nitrogens with zero attached hydrogens (tertiary/aromatic N) is 1. The van der Waals surface area contributed by atoms with E-state index in [1.165, 1.54) is 24.4 Å². The molecule has 2 aromatic rings. The normalized spacial score (nSPS) is 12.2. The summed E-state index contributed by atoms with van der Waals surface area (Å²) in [7, 11) is 0. The minimum absolute atomic E-state index is 0.0554. The van der Waals surface area contributed by atoms with Crippen molar-refractivity contribution in [3.8, 4) is 0 Å². The van der Waals surface area contributed by atoms with Gasteiger partial charge in [0.25, 0.3) is 0 Å². The maximum Gasteiger partial charge on any atom is 0.304 e. The fourth-order valence-electron chi connectivity index (χ4n) is 1.95. The molecule has 2 rings (SSSR count). The van der Waals surface area contributed by atoms with Gasteiger partial charge in [-0.05, 0) is 29.3 Å². The number of benzene rings is 1. The van der Waals surface area contributed by atoms with Crippen LogP contribution in [0.3, 0.4) is 0 Å². The summed E-state index contributed by atoms with van der Waals surface area (Å²) in [4.78, 5) is 14.6.